The minimum absolute atomic E-state index is 0.0367. The van der Waals surface area contributed by atoms with Crippen LogP contribution >= 0.6 is 0 Å². The topological polar surface area (TPSA) is 39.3 Å². The van der Waals surface area contributed by atoms with Crippen LogP contribution in [0.1, 0.15) is 32.3 Å². The predicted octanol–water partition coefficient (Wildman–Crippen LogP) is 2.83. The van der Waals surface area contributed by atoms with E-state index < -0.39 is 0 Å². The van der Waals surface area contributed by atoms with Crippen LogP contribution < -0.4 is 5.56 Å². The summed E-state index contributed by atoms with van der Waals surface area (Å²) < 4.78 is 0. The molecular formula is C19H27N3O. The molecule has 1 aromatic heterocycles. The van der Waals surface area contributed by atoms with E-state index in [1.807, 2.05) is 24.3 Å². The summed E-state index contributed by atoms with van der Waals surface area (Å²) in [5, 5.41) is 1.10. The molecule has 23 heavy (non-hydrogen) atoms. The molecule has 1 saturated heterocycles. The van der Waals surface area contributed by atoms with E-state index in [2.05, 4.69) is 41.7 Å². The average molecular weight is 313 g/mol. The molecule has 1 N–H and O–H groups in total. The van der Waals surface area contributed by atoms with Gasteiger partial charge in [-0.05, 0) is 57.4 Å². The van der Waals surface area contributed by atoms with Crippen molar-refractivity contribution in [3.63, 3.8) is 0 Å². The quantitative estimate of drug-likeness (QED) is 0.943. The highest BCUT2D eigenvalue weighted by atomic mass is 16.1. The predicted molar refractivity (Wildman–Crippen MR) is 95.8 cm³/mol. The van der Waals surface area contributed by atoms with Gasteiger partial charge in [0.1, 0.15) is 0 Å². The summed E-state index contributed by atoms with van der Waals surface area (Å²) in [6.45, 7) is 7.54. The minimum atomic E-state index is 0.0367. The number of H-pyrrole nitrogens is 1. The van der Waals surface area contributed by atoms with Crippen LogP contribution in [0.4, 0.5) is 0 Å². The molecule has 124 valence electrons. The van der Waals surface area contributed by atoms with E-state index in [0.717, 1.165) is 29.6 Å². The first-order valence-corrected chi connectivity index (χ1v) is 8.63. The van der Waals surface area contributed by atoms with E-state index in [-0.39, 0.29) is 5.56 Å². The van der Waals surface area contributed by atoms with Crippen molar-refractivity contribution in [2.45, 2.75) is 45.3 Å². The fourth-order valence-electron chi connectivity index (χ4n) is 3.77. The summed E-state index contributed by atoms with van der Waals surface area (Å²) in [6, 6.07) is 11.2. The van der Waals surface area contributed by atoms with Crippen molar-refractivity contribution in [2.24, 2.45) is 0 Å². The zero-order chi connectivity index (χ0) is 16.4. The van der Waals surface area contributed by atoms with E-state index >= 15 is 0 Å². The molecule has 2 atom stereocenters. The lowest BCUT2D eigenvalue weighted by Crippen LogP contribution is -2.47. The molecule has 2 aromatic rings. The molecule has 0 radical (unpaired) electrons. The number of likely N-dealkylation sites (tertiary alicyclic amines) is 1. The van der Waals surface area contributed by atoms with Gasteiger partial charge in [0, 0.05) is 29.7 Å². The van der Waals surface area contributed by atoms with E-state index in [1.54, 1.807) is 0 Å². The monoisotopic (exact) mass is 313 g/mol. The van der Waals surface area contributed by atoms with Gasteiger partial charge in [-0.1, -0.05) is 25.1 Å². The van der Waals surface area contributed by atoms with Gasteiger partial charge in [-0.2, -0.15) is 0 Å². The second-order valence-corrected chi connectivity index (χ2v) is 6.78. The Morgan fingerprint density at radius 2 is 2.13 bits per heavy atom. The van der Waals surface area contributed by atoms with Crippen molar-refractivity contribution >= 4 is 10.9 Å². The van der Waals surface area contributed by atoms with E-state index in [1.165, 1.54) is 12.8 Å². The third-order valence-corrected chi connectivity index (χ3v) is 5.27. The van der Waals surface area contributed by atoms with E-state index in [0.29, 0.717) is 18.6 Å². The summed E-state index contributed by atoms with van der Waals surface area (Å²) in [6.07, 6.45) is 2.36. The Bertz CT molecular complexity index is 724. The van der Waals surface area contributed by atoms with Crippen LogP contribution in [0.2, 0.25) is 0 Å². The SMILES string of the molecule is CCN1CC[C@H](N(C)Cc2cc3ccccc3[nH]c2=O)C[C@H]1C. The highest BCUT2D eigenvalue weighted by Gasteiger charge is 2.27. The molecule has 3 rings (SSSR count). The average Bonchev–Trinajstić information content (AvgIpc) is 2.55. The first-order chi connectivity index (χ1) is 11.1. The van der Waals surface area contributed by atoms with Gasteiger partial charge < -0.3 is 9.88 Å². The largest absolute Gasteiger partial charge is 0.322 e. The molecule has 1 aromatic carbocycles. The van der Waals surface area contributed by atoms with E-state index in [9.17, 15) is 4.79 Å². The minimum Gasteiger partial charge on any atom is -0.322 e. The van der Waals surface area contributed by atoms with Gasteiger partial charge >= 0.3 is 0 Å². The third kappa shape index (κ3) is 3.48. The van der Waals surface area contributed by atoms with Gasteiger partial charge in [-0.25, -0.2) is 0 Å². The van der Waals surface area contributed by atoms with Crippen molar-refractivity contribution < 1.29 is 0 Å². The van der Waals surface area contributed by atoms with Crippen LogP contribution in [0.5, 0.6) is 0 Å². The van der Waals surface area contributed by atoms with Crippen LogP contribution in [0.3, 0.4) is 0 Å². The number of pyridine rings is 1. The molecule has 0 saturated carbocycles. The van der Waals surface area contributed by atoms with Crippen molar-refractivity contribution in [1.29, 1.82) is 0 Å². The number of rotatable bonds is 4. The summed E-state index contributed by atoms with van der Waals surface area (Å²) in [7, 11) is 2.15. The van der Waals surface area contributed by atoms with Gasteiger partial charge in [0.2, 0.25) is 0 Å². The number of aromatic amines is 1. The van der Waals surface area contributed by atoms with Crippen molar-refractivity contribution in [3.8, 4) is 0 Å². The number of benzene rings is 1. The summed E-state index contributed by atoms with van der Waals surface area (Å²) in [5.41, 5.74) is 1.81. The molecule has 4 nitrogen and oxygen atoms in total. The Kier molecular flexibility index (Phi) is 4.83. The van der Waals surface area contributed by atoms with Crippen LogP contribution in [-0.2, 0) is 6.54 Å². The molecule has 2 heterocycles. The second kappa shape index (κ2) is 6.85. The molecule has 1 aliphatic heterocycles. The lowest BCUT2D eigenvalue weighted by atomic mass is 9.97. The fourth-order valence-corrected chi connectivity index (χ4v) is 3.77. The number of aromatic nitrogens is 1. The lowest BCUT2D eigenvalue weighted by Gasteiger charge is -2.40. The smallest absolute Gasteiger partial charge is 0.252 e. The molecule has 1 fully saturated rings. The number of piperidine rings is 1. The van der Waals surface area contributed by atoms with Crippen LogP contribution in [-0.4, -0.2) is 47.0 Å². The Hall–Kier alpha value is -1.65. The summed E-state index contributed by atoms with van der Waals surface area (Å²) in [4.78, 5) is 20.2. The van der Waals surface area contributed by atoms with Crippen LogP contribution in [0.25, 0.3) is 10.9 Å². The molecule has 0 unspecified atom stereocenters. The number of nitrogens with zero attached hydrogens (tertiary/aromatic N) is 2. The number of para-hydroxylation sites is 1. The van der Waals surface area contributed by atoms with Gasteiger partial charge in [-0.15, -0.1) is 0 Å². The first-order valence-electron chi connectivity index (χ1n) is 8.63. The number of nitrogens with one attached hydrogen (secondary N) is 1. The van der Waals surface area contributed by atoms with Gasteiger partial charge in [0.15, 0.2) is 0 Å². The number of fused-ring (bicyclic) bond motifs is 1. The third-order valence-electron chi connectivity index (χ3n) is 5.27. The zero-order valence-electron chi connectivity index (χ0n) is 14.4. The van der Waals surface area contributed by atoms with Gasteiger partial charge in [0.25, 0.3) is 5.56 Å². The van der Waals surface area contributed by atoms with Gasteiger partial charge in [0.05, 0.1) is 0 Å². The fraction of sp³-hybridized carbons (Fsp3) is 0.526. The van der Waals surface area contributed by atoms with E-state index in [4.69, 9.17) is 0 Å². The summed E-state index contributed by atoms with van der Waals surface area (Å²) in [5.74, 6) is 0. The second-order valence-electron chi connectivity index (χ2n) is 6.78. The molecule has 0 spiro atoms. The first kappa shape index (κ1) is 16.2. The maximum Gasteiger partial charge on any atom is 0.252 e. The molecule has 0 bridgehead atoms. The van der Waals surface area contributed by atoms with Crippen molar-refractivity contribution in [1.82, 2.24) is 14.8 Å². The molecule has 0 amide bonds. The maximum atomic E-state index is 12.3. The normalized spacial score (nSPS) is 22.8. The van der Waals surface area contributed by atoms with Crippen LogP contribution in [0, 0.1) is 0 Å². The molecule has 1 aliphatic rings. The summed E-state index contributed by atoms with van der Waals surface area (Å²) >= 11 is 0. The molecular weight excluding hydrogens is 286 g/mol. The maximum absolute atomic E-state index is 12.3. The van der Waals surface area contributed by atoms with Gasteiger partial charge in [-0.3, -0.25) is 9.69 Å². The Balaban J connectivity index is 1.74. The lowest BCUT2D eigenvalue weighted by molar-refractivity contribution is 0.0861. The highest BCUT2D eigenvalue weighted by molar-refractivity contribution is 5.78. The Morgan fingerprint density at radius 1 is 1.35 bits per heavy atom. The number of hydrogen-bond acceptors (Lipinski definition) is 3. The molecule has 0 aliphatic carbocycles. The van der Waals surface area contributed by atoms with Crippen molar-refractivity contribution in [3.05, 3.63) is 46.2 Å². The molecule has 4 heteroatoms. The van der Waals surface area contributed by atoms with Crippen LogP contribution in [0.15, 0.2) is 35.1 Å². The highest BCUT2D eigenvalue weighted by Crippen LogP contribution is 2.22. The number of hydrogen-bond donors (Lipinski definition) is 1. The van der Waals surface area contributed by atoms with Crippen molar-refractivity contribution in [2.75, 3.05) is 20.1 Å². The standard InChI is InChI=1S/C19H27N3O/c1-4-22-10-9-17(11-14(22)2)21(3)13-16-12-15-7-5-6-8-18(15)20-19(16)23/h5-8,12,14,17H,4,9-11,13H2,1-3H3,(H,20,23)/t14-,17+/m1/s1. The Labute approximate surface area is 138 Å². The zero-order valence-corrected chi connectivity index (χ0v) is 14.4. The Morgan fingerprint density at radius 3 is 2.87 bits per heavy atom.